The Morgan fingerprint density at radius 1 is 1.53 bits per heavy atom. The van der Waals surface area contributed by atoms with Crippen LogP contribution in [0.2, 0.25) is 0 Å². The van der Waals surface area contributed by atoms with Gasteiger partial charge in [-0.15, -0.1) is 0 Å². The molecule has 0 saturated carbocycles. The number of phenols is 1. The lowest BCUT2D eigenvalue weighted by Crippen LogP contribution is -1.95. The summed E-state index contributed by atoms with van der Waals surface area (Å²) < 4.78 is 5.13. The van der Waals surface area contributed by atoms with E-state index < -0.39 is 5.97 Å². The van der Waals surface area contributed by atoms with Crippen LogP contribution in [-0.2, 0) is 4.74 Å². The van der Waals surface area contributed by atoms with Crippen LogP contribution in [0, 0.1) is 0 Å². The lowest BCUT2D eigenvalue weighted by molar-refractivity contribution is 0.0465. The Bertz CT molecular complexity index is 421. The van der Waals surface area contributed by atoms with E-state index in [9.17, 15) is 9.90 Å². The molecule has 3 heteroatoms. The number of fused-ring (bicyclic) bond motifs is 1. The van der Waals surface area contributed by atoms with E-state index in [-0.39, 0.29) is 11.9 Å². The molecule has 1 N–H and O–H groups in total. The molecule has 0 fully saturated rings. The van der Waals surface area contributed by atoms with Crippen molar-refractivity contribution in [1.29, 1.82) is 0 Å². The first-order chi connectivity index (χ1) is 7.24. The highest BCUT2D eigenvalue weighted by molar-refractivity contribution is 5.97. The van der Waals surface area contributed by atoms with Gasteiger partial charge in [0, 0.05) is 5.56 Å². The van der Waals surface area contributed by atoms with Gasteiger partial charge in [0.25, 0.3) is 0 Å². The van der Waals surface area contributed by atoms with Crippen molar-refractivity contribution < 1.29 is 14.6 Å². The van der Waals surface area contributed by atoms with Crippen LogP contribution in [0.5, 0.6) is 5.75 Å². The number of aromatic hydroxyl groups is 1. The fraction of sp³-hybridized carbons (Fsp3) is 0.250. The van der Waals surface area contributed by atoms with E-state index in [4.69, 9.17) is 4.74 Å². The number of esters is 1. The average molecular weight is 204 g/mol. The summed E-state index contributed by atoms with van der Waals surface area (Å²) >= 11 is 0. The molecule has 1 unspecified atom stereocenters. The number of phenolic OH excluding ortho intramolecular Hbond substituents is 1. The van der Waals surface area contributed by atoms with Crippen molar-refractivity contribution in [3.63, 3.8) is 0 Å². The molecular formula is C12H12O3. The second-order valence-corrected chi connectivity index (χ2v) is 3.40. The summed E-state index contributed by atoms with van der Waals surface area (Å²) in [5.74, 6) is -0.459. The molecule has 1 aromatic carbocycles. The molecule has 0 spiro atoms. The predicted molar refractivity (Wildman–Crippen MR) is 55.7 cm³/mol. The fourth-order valence-corrected chi connectivity index (χ4v) is 1.66. The maximum Gasteiger partial charge on any atom is 0.343 e. The minimum absolute atomic E-state index is 0.00935. The standard InChI is InChI=1S/C12H12O3/c1-2-3-7-10-8-5-4-6-9(13)11(8)12(14)15-10/h3-7,10,13H,2H2,1H3/b7-3-. The minimum atomic E-state index is -0.450. The number of allylic oxidation sites excluding steroid dienone is 1. The first-order valence-electron chi connectivity index (χ1n) is 4.93. The van der Waals surface area contributed by atoms with Crippen molar-refractivity contribution in [2.45, 2.75) is 19.4 Å². The maximum absolute atomic E-state index is 11.4. The van der Waals surface area contributed by atoms with Gasteiger partial charge in [0.2, 0.25) is 0 Å². The number of hydrogen-bond acceptors (Lipinski definition) is 3. The van der Waals surface area contributed by atoms with Gasteiger partial charge in [-0.3, -0.25) is 0 Å². The van der Waals surface area contributed by atoms with Crippen LogP contribution in [0.1, 0.15) is 35.4 Å². The number of cyclic esters (lactones) is 1. The second-order valence-electron chi connectivity index (χ2n) is 3.40. The van der Waals surface area contributed by atoms with E-state index in [2.05, 4.69) is 0 Å². The lowest BCUT2D eigenvalue weighted by atomic mass is 10.0. The number of ether oxygens (including phenoxy) is 1. The number of benzene rings is 1. The highest BCUT2D eigenvalue weighted by Gasteiger charge is 2.31. The van der Waals surface area contributed by atoms with Crippen molar-refractivity contribution in [3.8, 4) is 5.75 Å². The lowest BCUT2D eigenvalue weighted by Gasteiger charge is -2.03. The Morgan fingerprint density at radius 2 is 2.33 bits per heavy atom. The average Bonchev–Trinajstić information content (AvgIpc) is 2.54. The van der Waals surface area contributed by atoms with Crippen LogP contribution in [0.15, 0.2) is 30.4 Å². The molecule has 1 aliphatic heterocycles. The molecule has 2 rings (SSSR count). The van der Waals surface area contributed by atoms with Crippen molar-refractivity contribution in [2.75, 3.05) is 0 Å². The molecule has 3 nitrogen and oxygen atoms in total. The van der Waals surface area contributed by atoms with Gasteiger partial charge in [-0.2, -0.15) is 0 Å². The predicted octanol–water partition coefficient (Wildman–Crippen LogP) is 2.57. The molecule has 0 aliphatic carbocycles. The number of hydrogen-bond donors (Lipinski definition) is 1. The Kier molecular flexibility index (Phi) is 2.46. The molecule has 0 radical (unpaired) electrons. The normalized spacial score (nSPS) is 19.3. The fourth-order valence-electron chi connectivity index (χ4n) is 1.66. The van der Waals surface area contributed by atoms with E-state index in [0.29, 0.717) is 5.56 Å². The Labute approximate surface area is 88.0 Å². The van der Waals surface area contributed by atoms with Crippen molar-refractivity contribution in [3.05, 3.63) is 41.5 Å². The summed E-state index contributed by atoms with van der Waals surface area (Å²) in [6.45, 7) is 2.01. The zero-order chi connectivity index (χ0) is 10.8. The van der Waals surface area contributed by atoms with Crippen LogP contribution in [0.3, 0.4) is 0 Å². The summed E-state index contributed by atoms with van der Waals surface area (Å²) in [4.78, 5) is 11.4. The van der Waals surface area contributed by atoms with E-state index in [1.807, 2.05) is 19.1 Å². The number of carbonyl (C=O) groups is 1. The number of rotatable bonds is 2. The minimum Gasteiger partial charge on any atom is -0.507 e. The summed E-state index contributed by atoms with van der Waals surface area (Å²) in [7, 11) is 0. The smallest absolute Gasteiger partial charge is 0.343 e. The first-order valence-corrected chi connectivity index (χ1v) is 4.93. The zero-order valence-corrected chi connectivity index (χ0v) is 8.43. The third kappa shape index (κ3) is 1.61. The Hall–Kier alpha value is -1.77. The van der Waals surface area contributed by atoms with Gasteiger partial charge in [-0.1, -0.05) is 25.1 Å². The Balaban J connectivity index is 2.42. The molecule has 78 valence electrons. The van der Waals surface area contributed by atoms with Crippen molar-refractivity contribution >= 4 is 5.97 Å². The summed E-state index contributed by atoms with van der Waals surface area (Å²) in [6.07, 6.45) is 4.32. The molecule has 0 bridgehead atoms. The molecule has 0 amide bonds. The number of carbonyl (C=O) groups excluding carboxylic acids is 1. The van der Waals surface area contributed by atoms with Crippen LogP contribution in [0.4, 0.5) is 0 Å². The highest BCUT2D eigenvalue weighted by Crippen LogP contribution is 2.36. The molecule has 1 aromatic rings. The van der Waals surface area contributed by atoms with Crippen LogP contribution < -0.4 is 0 Å². The summed E-state index contributed by atoms with van der Waals surface area (Å²) in [6, 6.07) is 5.00. The Morgan fingerprint density at radius 3 is 3.07 bits per heavy atom. The van der Waals surface area contributed by atoms with Gasteiger partial charge in [-0.05, 0) is 18.6 Å². The topological polar surface area (TPSA) is 46.5 Å². The molecule has 0 aromatic heterocycles. The molecule has 1 heterocycles. The van der Waals surface area contributed by atoms with Crippen molar-refractivity contribution in [2.24, 2.45) is 0 Å². The van der Waals surface area contributed by atoms with Crippen molar-refractivity contribution in [1.82, 2.24) is 0 Å². The van der Waals surface area contributed by atoms with Crippen LogP contribution >= 0.6 is 0 Å². The third-order valence-corrected chi connectivity index (χ3v) is 2.37. The zero-order valence-electron chi connectivity index (χ0n) is 8.43. The van der Waals surface area contributed by atoms with E-state index in [1.165, 1.54) is 6.07 Å². The summed E-state index contributed by atoms with van der Waals surface area (Å²) in [5.41, 5.74) is 1.04. The van der Waals surface area contributed by atoms with Gasteiger partial charge in [0.05, 0.1) is 0 Å². The third-order valence-electron chi connectivity index (χ3n) is 2.37. The van der Waals surface area contributed by atoms with Gasteiger partial charge in [-0.25, -0.2) is 4.79 Å². The van der Waals surface area contributed by atoms with Gasteiger partial charge >= 0.3 is 5.97 Å². The molecular weight excluding hydrogens is 192 g/mol. The largest absolute Gasteiger partial charge is 0.507 e. The van der Waals surface area contributed by atoms with Crippen LogP contribution in [0.25, 0.3) is 0 Å². The molecule has 0 saturated heterocycles. The monoisotopic (exact) mass is 204 g/mol. The van der Waals surface area contributed by atoms with Gasteiger partial charge in [0.15, 0.2) is 0 Å². The summed E-state index contributed by atoms with van der Waals surface area (Å²) in [5, 5.41) is 9.52. The first kappa shape index (κ1) is 9.77. The van der Waals surface area contributed by atoms with Gasteiger partial charge in [0.1, 0.15) is 17.4 Å². The van der Waals surface area contributed by atoms with E-state index >= 15 is 0 Å². The quantitative estimate of drug-likeness (QED) is 0.595. The van der Waals surface area contributed by atoms with E-state index in [0.717, 1.165) is 12.0 Å². The maximum atomic E-state index is 11.4. The SMILES string of the molecule is CC/C=C\C1OC(=O)c2c(O)cccc21. The van der Waals surface area contributed by atoms with Gasteiger partial charge < -0.3 is 9.84 Å². The second kappa shape index (κ2) is 3.77. The molecule has 15 heavy (non-hydrogen) atoms. The van der Waals surface area contributed by atoms with Crippen LogP contribution in [-0.4, -0.2) is 11.1 Å². The molecule has 1 atom stereocenters. The molecule has 1 aliphatic rings. The van der Waals surface area contributed by atoms with E-state index in [1.54, 1.807) is 12.1 Å². The highest BCUT2D eigenvalue weighted by atomic mass is 16.5.